The molecule has 192 valence electrons. The van der Waals surface area contributed by atoms with Crippen LogP contribution in [0.15, 0.2) is 76.7 Å². The maximum Gasteiger partial charge on any atom is 0.249 e. The maximum absolute atomic E-state index is 12.0. The summed E-state index contributed by atoms with van der Waals surface area (Å²) in [5, 5.41) is 17.7. The van der Waals surface area contributed by atoms with Crippen LogP contribution in [0.5, 0.6) is 5.75 Å². The normalized spacial score (nSPS) is 12.2. The number of para-hydroxylation sites is 1. The molecule has 0 atom stereocenters. The highest BCUT2D eigenvalue weighted by Crippen LogP contribution is 2.39. The van der Waals surface area contributed by atoms with E-state index in [1.54, 1.807) is 23.4 Å². The zero-order chi connectivity index (χ0) is 26.5. The number of nitrogens with one attached hydrogen (secondary N) is 2. The SMILES string of the molecule is CC(C)(COc1ccccc1Sc1ccc2c(/C=C/c3ccccn3)n[nH]c2c1)CC(C)(C)C(=O)NO. The summed E-state index contributed by atoms with van der Waals surface area (Å²) in [4.78, 5) is 18.4. The highest BCUT2D eigenvalue weighted by Gasteiger charge is 2.35. The predicted molar refractivity (Wildman–Crippen MR) is 147 cm³/mol. The zero-order valence-electron chi connectivity index (χ0n) is 21.5. The molecule has 2 aromatic heterocycles. The van der Waals surface area contributed by atoms with Gasteiger partial charge in [0.15, 0.2) is 0 Å². The largest absolute Gasteiger partial charge is 0.492 e. The molecule has 4 rings (SSSR count). The van der Waals surface area contributed by atoms with Crippen molar-refractivity contribution in [3.63, 3.8) is 0 Å². The molecule has 0 aliphatic heterocycles. The molecule has 0 spiro atoms. The van der Waals surface area contributed by atoms with E-state index in [-0.39, 0.29) is 5.41 Å². The Morgan fingerprint density at radius 2 is 1.86 bits per heavy atom. The number of hydrogen-bond acceptors (Lipinski definition) is 6. The highest BCUT2D eigenvalue weighted by atomic mass is 32.2. The fraction of sp³-hybridized carbons (Fsp3) is 0.276. The number of rotatable bonds is 10. The second-order valence-electron chi connectivity index (χ2n) is 10.4. The number of fused-ring (bicyclic) bond motifs is 1. The fourth-order valence-electron chi connectivity index (χ4n) is 4.38. The van der Waals surface area contributed by atoms with E-state index in [4.69, 9.17) is 9.94 Å². The van der Waals surface area contributed by atoms with Crippen LogP contribution in [0.1, 0.15) is 45.5 Å². The fourth-order valence-corrected chi connectivity index (χ4v) is 5.32. The summed E-state index contributed by atoms with van der Waals surface area (Å²) < 4.78 is 6.25. The van der Waals surface area contributed by atoms with Crippen LogP contribution in [0.2, 0.25) is 0 Å². The van der Waals surface area contributed by atoms with Crippen molar-refractivity contribution >= 4 is 40.7 Å². The van der Waals surface area contributed by atoms with Crippen LogP contribution < -0.4 is 10.2 Å². The van der Waals surface area contributed by atoms with Gasteiger partial charge in [0.05, 0.1) is 28.4 Å². The third kappa shape index (κ3) is 6.78. The van der Waals surface area contributed by atoms with Gasteiger partial charge in [-0.05, 0) is 66.5 Å². The van der Waals surface area contributed by atoms with Gasteiger partial charge in [0.2, 0.25) is 5.91 Å². The molecule has 4 aromatic rings. The molecule has 7 nitrogen and oxygen atoms in total. The van der Waals surface area contributed by atoms with Gasteiger partial charge in [-0.2, -0.15) is 5.10 Å². The van der Waals surface area contributed by atoms with Gasteiger partial charge in [-0.3, -0.25) is 20.1 Å². The van der Waals surface area contributed by atoms with Gasteiger partial charge < -0.3 is 4.74 Å². The van der Waals surface area contributed by atoms with Crippen molar-refractivity contribution in [3.8, 4) is 5.75 Å². The molecule has 1 amide bonds. The lowest BCUT2D eigenvalue weighted by Gasteiger charge is -2.33. The number of H-pyrrole nitrogens is 1. The molecule has 3 N–H and O–H groups in total. The average molecular weight is 517 g/mol. The van der Waals surface area contributed by atoms with Crippen LogP contribution >= 0.6 is 11.8 Å². The van der Waals surface area contributed by atoms with E-state index in [0.717, 1.165) is 37.8 Å². The minimum atomic E-state index is -0.721. The highest BCUT2D eigenvalue weighted by molar-refractivity contribution is 7.99. The van der Waals surface area contributed by atoms with Crippen LogP contribution in [-0.2, 0) is 4.79 Å². The zero-order valence-corrected chi connectivity index (χ0v) is 22.3. The van der Waals surface area contributed by atoms with E-state index in [2.05, 4.69) is 47.2 Å². The first kappa shape index (κ1) is 26.4. The van der Waals surface area contributed by atoms with Crippen molar-refractivity contribution in [2.75, 3.05) is 6.61 Å². The van der Waals surface area contributed by atoms with Crippen molar-refractivity contribution in [2.24, 2.45) is 10.8 Å². The molecule has 0 saturated carbocycles. The second-order valence-corrected chi connectivity index (χ2v) is 11.5. The molecule has 0 aliphatic carbocycles. The minimum Gasteiger partial charge on any atom is -0.492 e. The monoisotopic (exact) mass is 516 g/mol. The lowest BCUT2D eigenvalue weighted by molar-refractivity contribution is -0.140. The summed E-state index contributed by atoms with van der Waals surface area (Å²) in [6.07, 6.45) is 6.23. The summed E-state index contributed by atoms with van der Waals surface area (Å²) in [6, 6.07) is 20.0. The van der Waals surface area contributed by atoms with Crippen LogP contribution in [0.3, 0.4) is 0 Å². The van der Waals surface area contributed by atoms with Crippen molar-refractivity contribution in [3.05, 3.63) is 78.2 Å². The molecule has 0 saturated heterocycles. The molecule has 0 radical (unpaired) electrons. The Morgan fingerprint density at radius 1 is 1.08 bits per heavy atom. The molecule has 8 heteroatoms. The van der Waals surface area contributed by atoms with E-state index in [0.29, 0.717) is 13.0 Å². The first-order valence-corrected chi connectivity index (χ1v) is 12.9. The number of carbonyl (C=O) groups excluding carboxylic acids is 1. The number of hydrogen-bond donors (Lipinski definition) is 3. The number of ether oxygens (including phenoxy) is 1. The molecule has 0 fully saturated rings. The van der Waals surface area contributed by atoms with E-state index < -0.39 is 11.3 Å². The Bertz CT molecular complexity index is 1400. The number of nitrogens with zero attached hydrogens (tertiary/aromatic N) is 2. The van der Waals surface area contributed by atoms with Gasteiger partial charge in [0.25, 0.3) is 0 Å². The summed E-state index contributed by atoms with van der Waals surface area (Å²) in [5.41, 5.74) is 3.45. The molecule has 0 aliphatic rings. The predicted octanol–water partition coefficient (Wildman–Crippen LogP) is 6.61. The van der Waals surface area contributed by atoms with E-state index >= 15 is 0 Å². The molecule has 0 unspecified atom stereocenters. The molecule has 37 heavy (non-hydrogen) atoms. The van der Waals surface area contributed by atoms with Crippen molar-refractivity contribution in [2.45, 2.75) is 43.9 Å². The average Bonchev–Trinajstić information content (AvgIpc) is 3.28. The second kappa shape index (κ2) is 11.2. The van der Waals surface area contributed by atoms with E-state index in [1.807, 2.05) is 68.5 Å². The van der Waals surface area contributed by atoms with Gasteiger partial charge in [-0.1, -0.05) is 57.7 Å². The van der Waals surface area contributed by atoms with Gasteiger partial charge in [0, 0.05) is 21.9 Å². The number of hydroxylamine groups is 1. The lowest BCUT2D eigenvalue weighted by atomic mass is 9.75. The quantitative estimate of drug-likeness (QED) is 0.162. The van der Waals surface area contributed by atoms with Crippen LogP contribution in [0.4, 0.5) is 0 Å². The van der Waals surface area contributed by atoms with Crippen LogP contribution in [0, 0.1) is 10.8 Å². The van der Waals surface area contributed by atoms with Crippen molar-refractivity contribution in [1.29, 1.82) is 0 Å². The first-order valence-electron chi connectivity index (χ1n) is 12.1. The maximum atomic E-state index is 12.0. The third-order valence-corrected chi connectivity index (χ3v) is 7.04. The number of benzene rings is 2. The molecule has 0 bridgehead atoms. The van der Waals surface area contributed by atoms with E-state index in [1.165, 1.54) is 0 Å². The number of carbonyl (C=O) groups is 1. The van der Waals surface area contributed by atoms with Crippen LogP contribution in [0.25, 0.3) is 23.1 Å². The number of amides is 1. The number of aromatic nitrogens is 3. The topological polar surface area (TPSA) is 100 Å². The third-order valence-electron chi connectivity index (χ3n) is 6.00. The Kier molecular flexibility index (Phi) is 8.00. The van der Waals surface area contributed by atoms with Gasteiger partial charge in [0.1, 0.15) is 5.75 Å². The number of aromatic amines is 1. The van der Waals surface area contributed by atoms with Gasteiger partial charge in [-0.15, -0.1) is 0 Å². The smallest absolute Gasteiger partial charge is 0.249 e. The molecule has 2 aromatic carbocycles. The molecule has 2 heterocycles. The van der Waals surface area contributed by atoms with Crippen molar-refractivity contribution in [1.82, 2.24) is 20.7 Å². The lowest BCUT2D eigenvalue weighted by Crippen LogP contribution is -2.39. The van der Waals surface area contributed by atoms with Gasteiger partial charge in [-0.25, -0.2) is 5.48 Å². The summed E-state index contributed by atoms with van der Waals surface area (Å²) in [7, 11) is 0. The van der Waals surface area contributed by atoms with E-state index in [9.17, 15) is 4.79 Å². The summed E-state index contributed by atoms with van der Waals surface area (Å²) >= 11 is 1.62. The molecular formula is C29H32N4O3S. The first-order chi connectivity index (χ1) is 17.7. The minimum absolute atomic E-state index is 0.290. The van der Waals surface area contributed by atoms with Gasteiger partial charge >= 0.3 is 0 Å². The number of pyridine rings is 1. The summed E-state index contributed by atoms with van der Waals surface area (Å²) in [6.45, 7) is 8.17. The molecular weight excluding hydrogens is 484 g/mol. The Hall–Kier alpha value is -3.62. The Labute approximate surface area is 221 Å². The Balaban J connectivity index is 1.46. The standard InChI is InChI=1S/C29H32N4O3S/c1-28(2,18-29(3,4)27(34)33-35)19-36-25-10-5-6-11-26(25)37-21-13-14-22-23(31-32-24(22)17-21)15-12-20-9-7-8-16-30-20/h5-17,35H,18-19H2,1-4H3,(H,31,32)(H,33,34)/b15-12+. The summed E-state index contributed by atoms with van der Waals surface area (Å²) in [5.74, 6) is 0.384. The van der Waals surface area contributed by atoms with Crippen LogP contribution in [-0.4, -0.2) is 32.9 Å². The van der Waals surface area contributed by atoms with Crippen molar-refractivity contribution < 1.29 is 14.7 Å². The Morgan fingerprint density at radius 3 is 2.62 bits per heavy atom.